The number of halogens is 1. The van der Waals surface area contributed by atoms with Crippen LogP contribution in [0.4, 0.5) is 10.1 Å². The molecule has 2 aromatic heterocycles. The summed E-state index contributed by atoms with van der Waals surface area (Å²) >= 11 is 0. The molecule has 0 amide bonds. The Morgan fingerprint density at radius 2 is 2.30 bits per heavy atom. The van der Waals surface area contributed by atoms with Gasteiger partial charge in [0, 0.05) is 30.1 Å². The first-order valence-corrected chi connectivity index (χ1v) is 6.75. The first-order chi connectivity index (χ1) is 9.66. The molecule has 1 saturated heterocycles. The highest BCUT2D eigenvalue weighted by Crippen LogP contribution is 2.32. The summed E-state index contributed by atoms with van der Waals surface area (Å²) in [5.74, 6) is -0.566. The summed E-state index contributed by atoms with van der Waals surface area (Å²) in [6.45, 7) is 2.48. The highest BCUT2D eigenvalue weighted by Gasteiger charge is 2.22. The molecule has 1 atom stereocenters. The van der Waals surface area contributed by atoms with Gasteiger partial charge in [-0.2, -0.15) is 9.49 Å². The number of hydrogen-bond acceptors (Lipinski definition) is 4. The highest BCUT2D eigenvalue weighted by molar-refractivity contribution is 5.75. The van der Waals surface area contributed by atoms with Crippen LogP contribution in [-0.2, 0) is 4.74 Å². The van der Waals surface area contributed by atoms with Crippen LogP contribution in [0.3, 0.4) is 0 Å². The first kappa shape index (κ1) is 13.1. The van der Waals surface area contributed by atoms with Gasteiger partial charge >= 0.3 is 0 Å². The second-order valence-electron chi connectivity index (χ2n) is 4.98. The second-order valence-corrected chi connectivity index (χ2v) is 4.98. The zero-order valence-corrected chi connectivity index (χ0v) is 11.3. The molecule has 0 radical (unpaired) electrons. The Morgan fingerprint density at radius 3 is 3.00 bits per heavy atom. The molecule has 1 fully saturated rings. The summed E-state index contributed by atoms with van der Waals surface area (Å²) < 4.78 is 20.8. The Balaban J connectivity index is 2.05. The van der Waals surface area contributed by atoms with Crippen LogP contribution in [0.2, 0.25) is 0 Å². The van der Waals surface area contributed by atoms with E-state index in [9.17, 15) is 4.39 Å². The summed E-state index contributed by atoms with van der Waals surface area (Å²) in [5, 5.41) is 4.34. The van der Waals surface area contributed by atoms with Crippen molar-refractivity contribution >= 4 is 5.69 Å². The van der Waals surface area contributed by atoms with Crippen molar-refractivity contribution in [3.8, 4) is 11.3 Å². The Bertz CT molecular complexity index is 596. The standard InChI is InChI=1S/C14H17FN4O/c1-9-14(10(16)8-12(15)18-9)11-5-6-17-19(11)13-4-2-3-7-20-13/h5-6,8,13H,2-4,7H2,1H3,(H2,16,18). The topological polar surface area (TPSA) is 66.0 Å². The van der Waals surface area contributed by atoms with Crippen molar-refractivity contribution in [3.63, 3.8) is 0 Å². The number of hydrogen-bond donors (Lipinski definition) is 1. The molecule has 0 spiro atoms. The smallest absolute Gasteiger partial charge is 0.215 e. The lowest BCUT2D eigenvalue weighted by Crippen LogP contribution is -2.20. The Morgan fingerprint density at radius 1 is 1.45 bits per heavy atom. The van der Waals surface area contributed by atoms with E-state index in [2.05, 4.69) is 10.1 Å². The molecule has 5 nitrogen and oxygen atoms in total. The predicted octanol–water partition coefficient (Wildman–Crippen LogP) is 2.67. The summed E-state index contributed by atoms with van der Waals surface area (Å²) in [6, 6.07) is 3.09. The van der Waals surface area contributed by atoms with Crippen LogP contribution in [0.5, 0.6) is 0 Å². The fourth-order valence-corrected chi connectivity index (χ4v) is 2.65. The number of pyridine rings is 1. The van der Waals surface area contributed by atoms with Crippen LogP contribution in [0, 0.1) is 12.9 Å². The molecule has 1 unspecified atom stereocenters. The monoisotopic (exact) mass is 276 g/mol. The quantitative estimate of drug-likeness (QED) is 0.856. The number of aryl methyl sites for hydroxylation is 1. The zero-order valence-electron chi connectivity index (χ0n) is 11.3. The number of rotatable bonds is 2. The molecular formula is C14H17FN4O. The minimum atomic E-state index is -0.566. The lowest BCUT2D eigenvalue weighted by molar-refractivity contribution is -0.0383. The van der Waals surface area contributed by atoms with Crippen molar-refractivity contribution in [2.24, 2.45) is 0 Å². The van der Waals surface area contributed by atoms with E-state index in [0.29, 0.717) is 11.4 Å². The van der Waals surface area contributed by atoms with E-state index in [1.165, 1.54) is 6.07 Å². The molecule has 2 N–H and O–H groups in total. The summed E-state index contributed by atoms with van der Waals surface area (Å²) in [6.07, 6.45) is 4.72. The summed E-state index contributed by atoms with van der Waals surface area (Å²) in [7, 11) is 0. The van der Waals surface area contributed by atoms with Crippen LogP contribution in [-0.4, -0.2) is 21.4 Å². The number of ether oxygens (including phenoxy) is 1. The van der Waals surface area contributed by atoms with Gasteiger partial charge in [0.1, 0.15) is 0 Å². The molecule has 3 heterocycles. The van der Waals surface area contributed by atoms with Crippen LogP contribution >= 0.6 is 0 Å². The van der Waals surface area contributed by atoms with Gasteiger partial charge in [0.25, 0.3) is 0 Å². The number of nitrogen functional groups attached to an aromatic ring is 1. The van der Waals surface area contributed by atoms with E-state index in [1.807, 2.05) is 10.7 Å². The van der Waals surface area contributed by atoms with Gasteiger partial charge in [0.2, 0.25) is 5.95 Å². The number of nitrogens with zero attached hydrogens (tertiary/aromatic N) is 3. The van der Waals surface area contributed by atoms with E-state index >= 15 is 0 Å². The third-order valence-electron chi connectivity index (χ3n) is 3.55. The minimum absolute atomic E-state index is 0.0856. The van der Waals surface area contributed by atoms with Gasteiger partial charge in [-0.15, -0.1) is 0 Å². The maximum absolute atomic E-state index is 13.3. The molecule has 3 rings (SSSR count). The lowest BCUT2D eigenvalue weighted by atomic mass is 10.1. The maximum Gasteiger partial charge on any atom is 0.215 e. The van der Waals surface area contributed by atoms with Gasteiger partial charge in [-0.25, -0.2) is 9.67 Å². The largest absolute Gasteiger partial charge is 0.398 e. The van der Waals surface area contributed by atoms with Crippen LogP contribution in [0.1, 0.15) is 31.2 Å². The third kappa shape index (κ3) is 2.27. The lowest BCUT2D eigenvalue weighted by Gasteiger charge is -2.25. The zero-order chi connectivity index (χ0) is 14.1. The molecule has 0 aromatic carbocycles. The van der Waals surface area contributed by atoms with Gasteiger partial charge in [-0.1, -0.05) is 0 Å². The maximum atomic E-state index is 13.3. The summed E-state index contributed by atoms with van der Waals surface area (Å²) in [4.78, 5) is 3.85. The van der Waals surface area contributed by atoms with Crippen molar-refractivity contribution in [3.05, 3.63) is 30.0 Å². The van der Waals surface area contributed by atoms with E-state index in [-0.39, 0.29) is 6.23 Å². The Labute approximate surface area is 116 Å². The number of anilines is 1. The van der Waals surface area contributed by atoms with Crippen molar-refractivity contribution < 1.29 is 9.13 Å². The fourth-order valence-electron chi connectivity index (χ4n) is 2.65. The predicted molar refractivity (Wildman–Crippen MR) is 73.4 cm³/mol. The van der Waals surface area contributed by atoms with E-state index in [4.69, 9.17) is 10.5 Å². The summed E-state index contributed by atoms with van der Waals surface area (Å²) in [5.41, 5.74) is 8.41. The average Bonchev–Trinajstić information content (AvgIpc) is 2.87. The molecule has 0 aliphatic carbocycles. The van der Waals surface area contributed by atoms with Crippen LogP contribution in [0.15, 0.2) is 18.3 Å². The van der Waals surface area contributed by atoms with Crippen molar-refractivity contribution in [2.75, 3.05) is 12.3 Å². The fraction of sp³-hybridized carbons (Fsp3) is 0.429. The van der Waals surface area contributed by atoms with Gasteiger partial charge in [0.15, 0.2) is 6.23 Å². The van der Waals surface area contributed by atoms with Gasteiger partial charge in [-0.05, 0) is 32.3 Å². The molecule has 2 aromatic rings. The Kier molecular flexibility index (Phi) is 3.40. The number of nitrogens with two attached hydrogens (primary N) is 1. The highest BCUT2D eigenvalue weighted by atomic mass is 19.1. The third-order valence-corrected chi connectivity index (χ3v) is 3.55. The van der Waals surface area contributed by atoms with Crippen LogP contribution in [0.25, 0.3) is 11.3 Å². The van der Waals surface area contributed by atoms with E-state index < -0.39 is 5.95 Å². The molecular weight excluding hydrogens is 259 g/mol. The molecule has 1 aliphatic heterocycles. The van der Waals surface area contributed by atoms with Gasteiger partial charge in [-0.3, -0.25) is 0 Å². The molecule has 106 valence electrons. The van der Waals surface area contributed by atoms with Crippen molar-refractivity contribution in [2.45, 2.75) is 32.4 Å². The van der Waals surface area contributed by atoms with Crippen molar-refractivity contribution in [1.82, 2.24) is 14.8 Å². The second kappa shape index (κ2) is 5.20. The SMILES string of the molecule is Cc1nc(F)cc(N)c1-c1ccnn1C1CCCCO1. The molecule has 1 aliphatic rings. The van der Waals surface area contributed by atoms with Crippen LogP contribution < -0.4 is 5.73 Å². The Hall–Kier alpha value is -1.95. The molecule has 0 bridgehead atoms. The minimum Gasteiger partial charge on any atom is -0.398 e. The molecule has 6 heteroatoms. The van der Waals surface area contributed by atoms with Gasteiger partial charge in [0.05, 0.1) is 11.4 Å². The normalized spacial score (nSPS) is 19.2. The average molecular weight is 276 g/mol. The number of aromatic nitrogens is 3. The van der Waals surface area contributed by atoms with Crippen molar-refractivity contribution in [1.29, 1.82) is 0 Å². The molecule has 20 heavy (non-hydrogen) atoms. The van der Waals surface area contributed by atoms with Gasteiger partial charge < -0.3 is 10.5 Å². The van der Waals surface area contributed by atoms with E-state index in [0.717, 1.165) is 37.1 Å². The molecule has 0 saturated carbocycles. The van der Waals surface area contributed by atoms with E-state index in [1.54, 1.807) is 13.1 Å². The first-order valence-electron chi connectivity index (χ1n) is 6.75.